The van der Waals surface area contributed by atoms with E-state index in [1.807, 2.05) is 0 Å². The molecule has 1 aromatic carbocycles. The summed E-state index contributed by atoms with van der Waals surface area (Å²) in [6.07, 6.45) is 0. The van der Waals surface area contributed by atoms with Crippen LogP contribution < -0.4 is 5.73 Å². The van der Waals surface area contributed by atoms with Crippen LogP contribution in [-0.2, 0) is 6.54 Å². The summed E-state index contributed by atoms with van der Waals surface area (Å²) >= 11 is 3.10. The number of aryl methyl sites for hydroxylation is 1. The lowest BCUT2D eigenvalue weighted by molar-refractivity contribution is 0.454. The maximum absolute atomic E-state index is 13.2. The molecule has 2 nitrogen and oxygen atoms in total. The molecule has 0 radical (unpaired) electrons. The minimum absolute atomic E-state index is 0.00204. The van der Waals surface area contributed by atoms with Crippen molar-refractivity contribution in [1.29, 1.82) is 0 Å². The van der Waals surface area contributed by atoms with Crippen LogP contribution >= 0.6 is 15.9 Å². The van der Waals surface area contributed by atoms with Crippen molar-refractivity contribution < 1.29 is 9.50 Å². The summed E-state index contributed by atoms with van der Waals surface area (Å²) in [4.78, 5) is 0. The van der Waals surface area contributed by atoms with Gasteiger partial charge in [0.1, 0.15) is 11.6 Å². The third kappa shape index (κ3) is 1.44. The maximum atomic E-state index is 13.2. The van der Waals surface area contributed by atoms with Crippen LogP contribution in [-0.4, -0.2) is 5.11 Å². The minimum atomic E-state index is -0.432. The van der Waals surface area contributed by atoms with Crippen LogP contribution in [0.15, 0.2) is 10.5 Å². The standard InChI is InChI=1S/C8H9BrFNO/c1-4-2-6(9)8(12)5(3-11)7(4)10/h2,12H,3,11H2,1H3. The molecule has 0 unspecified atom stereocenters. The molecule has 4 heteroatoms. The van der Waals surface area contributed by atoms with Crippen molar-refractivity contribution in [3.63, 3.8) is 0 Å². The van der Waals surface area contributed by atoms with Crippen molar-refractivity contribution in [1.82, 2.24) is 0 Å². The van der Waals surface area contributed by atoms with Gasteiger partial charge in [-0.1, -0.05) is 0 Å². The van der Waals surface area contributed by atoms with Gasteiger partial charge >= 0.3 is 0 Å². The molecule has 0 atom stereocenters. The first-order valence-corrected chi connectivity index (χ1v) is 4.23. The van der Waals surface area contributed by atoms with E-state index < -0.39 is 5.82 Å². The molecule has 66 valence electrons. The molecule has 0 aliphatic rings. The first-order valence-electron chi connectivity index (χ1n) is 3.44. The van der Waals surface area contributed by atoms with Gasteiger partial charge < -0.3 is 10.8 Å². The highest BCUT2D eigenvalue weighted by molar-refractivity contribution is 9.10. The number of benzene rings is 1. The molecule has 0 bridgehead atoms. The Kier molecular flexibility index (Phi) is 2.69. The number of aromatic hydroxyl groups is 1. The lowest BCUT2D eigenvalue weighted by atomic mass is 10.1. The van der Waals surface area contributed by atoms with E-state index in [1.54, 1.807) is 6.92 Å². The van der Waals surface area contributed by atoms with Crippen molar-refractivity contribution in [3.8, 4) is 5.75 Å². The van der Waals surface area contributed by atoms with Crippen LogP contribution in [0.25, 0.3) is 0 Å². The number of rotatable bonds is 1. The smallest absolute Gasteiger partial charge is 0.137 e. The summed E-state index contributed by atoms with van der Waals surface area (Å²) in [5.41, 5.74) is 5.90. The molecule has 0 aliphatic heterocycles. The molecule has 1 rings (SSSR count). The minimum Gasteiger partial charge on any atom is -0.506 e. The van der Waals surface area contributed by atoms with E-state index in [2.05, 4.69) is 15.9 Å². The van der Waals surface area contributed by atoms with E-state index in [0.29, 0.717) is 10.0 Å². The fraction of sp³-hybridized carbons (Fsp3) is 0.250. The van der Waals surface area contributed by atoms with Gasteiger partial charge in [0.05, 0.1) is 4.47 Å². The zero-order valence-corrected chi connectivity index (χ0v) is 8.15. The first kappa shape index (κ1) is 9.48. The average Bonchev–Trinajstić information content (AvgIpc) is 2.02. The molecule has 0 saturated carbocycles. The van der Waals surface area contributed by atoms with E-state index in [-0.39, 0.29) is 17.9 Å². The lowest BCUT2D eigenvalue weighted by Crippen LogP contribution is -2.02. The number of nitrogens with two attached hydrogens (primary N) is 1. The van der Waals surface area contributed by atoms with Gasteiger partial charge in [-0.2, -0.15) is 0 Å². The fourth-order valence-corrected chi connectivity index (χ4v) is 1.58. The molecule has 1 aromatic rings. The van der Waals surface area contributed by atoms with E-state index in [1.165, 1.54) is 6.07 Å². The van der Waals surface area contributed by atoms with Crippen molar-refractivity contribution in [2.75, 3.05) is 0 Å². The number of phenolic OH excluding ortho intramolecular Hbond substituents is 1. The summed E-state index contributed by atoms with van der Waals surface area (Å²) in [7, 11) is 0. The number of hydrogen-bond donors (Lipinski definition) is 2. The van der Waals surface area contributed by atoms with E-state index in [9.17, 15) is 9.50 Å². The Morgan fingerprint density at radius 2 is 2.25 bits per heavy atom. The van der Waals surface area contributed by atoms with Crippen LogP contribution in [0, 0.1) is 12.7 Å². The summed E-state index contributed by atoms with van der Waals surface area (Å²) in [5, 5.41) is 9.34. The average molecular weight is 234 g/mol. The summed E-state index contributed by atoms with van der Waals surface area (Å²) in [5.74, 6) is -0.543. The first-order chi connectivity index (χ1) is 5.57. The van der Waals surface area contributed by atoms with Gasteiger partial charge in [-0.15, -0.1) is 0 Å². The molecule has 0 saturated heterocycles. The second-order valence-electron chi connectivity index (χ2n) is 2.52. The third-order valence-corrected chi connectivity index (χ3v) is 2.28. The van der Waals surface area contributed by atoms with Gasteiger partial charge in [-0.25, -0.2) is 4.39 Å². The highest BCUT2D eigenvalue weighted by Gasteiger charge is 2.12. The van der Waals surface area contributed by atoms with Crippen molar-refractivity contribution in [3.05, 3.63) is 27.5 Å². The Hall–Kier alpha value is -0.610. The van der Waals surface area contributed by atoms with Gasteiger partial charge in [0.25, 0.3) is 0 Å². The summed E-state index contributed by atoms with van der Waals surface area (Å²) in [6, 6.07) is 1.52. The van der Waals surface area contributed by atoms with Gasteiger partial charge in [0.2, 0.25) is 0 Å². The maximum Gasteiger partial charge on any atom is 0.137 e. The van der Waals surface area contributed by atoms with Crippen molar-refractivity contribution in [2.24, 2.45) is 5.73 Å². The van der Waals surface area contributed by atoms with Crippen LogP contribution in [0.2, 0.25) is 0 Å². The normalized spacial score (nSPS) is 10.3. The molecule has 0 aromatic heterocycles. The van der Waals surface area contributed by atoms with Crippen LogP contribution in [0.1, 0.15) is 11.1 Å². The van der Waals surface area contributed by atoms with Gasteiger partial charge in [0, 0.05) is 12.1 Å². The van der Waals surface area contributed by atoms with Crippen LogP contribution in [0.3, 0.4) is 0 Å². The van der Waals surface area contributed by atoms with E-state index in [0.717, 1.165) is 0 Å². The number of halogens is 2. The molecule has 0 aliphatic carbocycles. The SMILES string of the molecule is Cc1cc(Br)c(O)c(CN)c1F. The van der Waals surface area contributed by atoms with Crippen molar-refractivity contribution >= 4 is 15.9 Å². The second-order valence-corrected chi connectivity index (χ2v) is 3.37. The Bertz CT molecular complexity index is 288. The van der Waals surface area contributed by atoms with Crippen molar-refractivity contribution in [2.45, 2.75) is 13.5 Å². The molecule has 0 fully saturated rings. The molecule has 3 N–H and O–H groups in total. The van der Waals surface area contributed by atoms with Gasteiger partial charge in [-0.3, -0.25) is 0 Å². The highest BCUT2D eigenvalue weighted by atomic mass is 79.9. The Labute approximate surface area is 78.3 Å². The molecular weight excluding hydrogens is 225 g/mol. The Morgan fingerprint density at radius 3 is 2.75 bits per heavy atom. The monoisotopic (exact) mass is 233 g/mol. The Morgan fingerprint density at radius 1 is 1.67 bits per heavy atom. The summed E-state index contributed by atoms with van der Waals surface area (Å²) < 4.78 is 13.7. The molecular formula is C8H9BrFNO. The number of hydrogen-bond acceptors (Lipinski definition) is 2. The molecule has 0 amide bonds. The van der Waals surface area contributed by atoms with E-state index in [4.69, 9.17) is 5.73 Å². The topological polar surface area (TPSA) is 46.2 Å². The summed E-state index contributed by atoms with van der Waals surface area (Å²) in [6.45, 7) is 1.62. The largest absolute Gasteiger partial charge is 0.506 e. The van der Waals surface area contributed by atoms with Gasteiger partial charge in [-0.05, 0) is 34.5 Å². The van der Waals surface area contributed by atoms with E-state index >= 15 is 0 Å². The number of phenols is 1. The van der Waals surface area contributed by atoms with Crippen LogP contribution in [0.5, 0.6) is 5.75 Å². The van der Waals surface area contributed by atoms with Gasteiger partial charge in [0.15, 0.2) is 0 Å². The predicted octanol–water partition coefficient (Wildman–Crippen LogP) is 2.06. The Balaban J connectivity index is 3.42. The van der Waals surface area contributed by atoms with Crippen LogP contribution in [0.4, 0.5) is 4.39 Å². The lowest BCUT2D eigenvalue weighted by Gasteiger charge is -2.07. The predicted molar refractivity (Wildman–Crippen MR) is 48.4 cm³/mol. The zero-order chi connectivity index (χ0) is 9.30. The molecule has 0 spiro atoms. The highest BCUT2D eigenvalue weighted by Crippen LogP contribution is 2.31. The third-order valence-electron chi connectivity index (χ3n) is 1.67. The fourth-order valence-electron chi connectivity index (χ4n) is 0.994. The molecule has 12 heavy (non-hydrogen) atoms. The zero-order valence-electron chi connectivity index (χ0n) is 6.56. The second kappa shape index (κ2) is 3.41. The quantitative estimate of drug-likeness (QED) is 0.781. The molecule has 0 heterocycles.